The molecule has 3 aliphatic heterocycles. The van der Waals surface area contributed by atoms with Gasteiger partial charge >= 0.3 is 6.36 Å². The molecule has 29 heteroatoms. The highest BCUT2D eigenvalue weighted by Gasteiger charge is 2.48. The smallest absolute Gasteiger partial charge is 0.343 e. The van der Waals surface area contributed by atoms with Gasteiger partial charge in [-0.3, -0.25) is 62.3 Å². The van der Waals surface area contributed by atoms with Gasteiger partial charge in [0.1, 0.15) is 59.9 Å². The Morgan fingerprint density at radius 1 is 0.646 bits per heavy atom. The number of nitrogens with one attached hydrogen (secondary N) is 4. The Morgan fingerprint density at radius 3 is 1.83 bits per heavy atom. The highest BCUT2D eigenvalue weighted by molar-refractivity contribution is 14.1. The number of carbonyl (C=O) groups excluding carboxylic acids is 12. The quantitative estimate of drug-likeness (QED) is 0.107. The van der Waals surface area contributed by atoms with Crippen molar-refractivity contribution in [3.8, 4) is 12.3 Å². The molecular formula is C70H112F3IN12O13. The van der Waals surface area contributed by atoms with Crippen LogP contribution < -0.4 is 21.3 Å². The van der Waals surface area contributed by atoms with Gasteiger partial charge in [0.15, 0.2) is 0 Å². The second-order valence-electron chi connectivity index (χ2n) is 29.7. The van der Waals surface area contributed by atoms with E-state index in [1.165, 1.54) is 82.7 Å². The van der Waals surface area contributed by atoms with Crippen LogP contribution in [-0.4, -0.2) is 255 Å². The zero-order valence-electron chi connectivity index (χ0n) is 61.0. The lowest BCUT2D eigenvalue weighted by molar-refractivity contribution is -0.345. The van der Waals surface area contributed by atoms with Crippen molar-refractivity contribution in [3.05, 3.63) is 0 Å². The van der Waals surface area contributed by atoms with Crippen molar-refractivity contribution < 1.29 is 75.4 Å². The zero-order valence-corrected chi connectivity index (χ0v) is 63.1. The van der Waals surface area contributed by atoms with E-state index in [1.54, 1.807) is 11.8 Å². The summed E-state index contributed by atoms with van der Waals surface area (Å²) in [5.74, 6) is -7.44. The largest absolute Gasteiger partial charge is 0.522 e. The lowest BCUT2D eigenvalue weighted by atomic mass is 9.82. The number of amides is 12. The van der Waals surface area contributed by atoms with Crippen molar-refractivity contribution in [2.24, 2.45) is 29.6 Å². The second-order valence-corrected chi connectivity index (χ2v) is 31.5. The minimum Gasteiger partial charge on any atom is -0.343 e. The summed E-state index contributed by atoms with van der Waals surface area (Å²) in [6.07, 6.45) is 5.53. The Morgan fingerprint density at radius 2 is 1.27 bits per heavy atom. The van der Waals surface area contributed by atoms with E-state index in [0.717, 1.165) is 40.4 Å². The van der Waals surface area contributed by atoms with Gasteiger partial charge in [0, 0.05) is 72.3 Å². The minimum atomic E-state index is -4.87. The number of halogens is 4. The maximum absolute atomic E-state index is 15.1. The Bertz CT molecular complexity index is 2920. The van der Waals surface area contributed by atoms with E-state index < -0.39 is 168 Å². The van der Waals surface area contributed by atoms with Crippen molar-refractivity contribution in [3.63, 3.8) is 0 Å². The first kappa shape index (κ1) is 83.3. The number of piperidine rings is 1. The molecule has 2 aliphatic carbocycles. The Labute approximate surface area is 597 Å². The number of fused-ring (bicyclic) bond motifs is 1. The van der Waals surface area contributed by atoms with Crippen LogP contribution in [0.15, 0.2) is 0 Å². The summed E-state index contributed by atoms with van der Waals surface area (Å²) in [4.78, 5) is 188. The standard InChI is InChI=1S/C70H112F3IN12O13/c1-17-23-49-63(93)84(16)69(9,10)68(98)77-51(34-41(3)4)62(92)82(14)55(66(96)85-31-20-19-21-32-85)39-57(88)81(13)53(35-42(5)6)60(90)78-58(43(7)18-2)67(97)80(12)44(8)61(91)86-33-30-52(86)65(95)83(15)54(38-45-26-28-48(29-27-45)99-70(71,72)73)64(94)79(11)40-56(87)75-50(59(89)76-49)37-46-24-22-25-47(74)36-46/h1,41-55,58H,18-40H2,2-16H3,(H,75,87)(H,76,89)(H,77,98)(H,78,90)/t43-,44-,45?,46?,47?,48?,49-,50-,51-,52-,53-,54-,55-,58-/m0/s1. The number of terminal acetylenes is 1. The molecule has 0 aromatic rings. The number of likely N-dealkylation sites (N-methyl/N-ethyl adjacent to an activating group) is 6. The summed E-state index contributed by atoms with van der Waals surface area (Å²) in [6.45, 7) is 15.4. The predicted octanol–water partition coefficient (Wildman–Crippen LogP) is 5.00. The van der Waals surface area contributed by atoms with Crippen LogP contribution in [0.3, 0.4) is 0 Å². The van der Waals surface area contributed by atoms with Crippen LogP contribution in [0.2, 0.25) is 0 Å². The van der Waals surface area contributed by atoms with Crippen molar-refractivity contribution >= 4 is 93.5 Å². The summed E-state index contributed by atoms with van der Waals surface area (Å²) in [6, 6.07) is -11.6. The van der Waals surface area contributed by atoms with Gasteiger partial charge in [-0.15, -0.1) is 25.5 Å². The molecule has 12 atom stereocenters. The molecular weight excluding hydrogens is 1400 g/mol. The van der Waals surface area contributed by atoms with Crippen LogP contribution >= 0.6 is 22.6 Å². The normalized spacial score (nSPS) is 30.3. The van der Waals surface area contributed by atoms with Gasteiger partial charge in [0.2, 0.25) is 70.9 Å². The van der Waals surface area contributed by atoms with Crippen molar-refractivity contribution in [1.82, 2.24) is 60.5 Å². The van der Waals surface area contributed by atoms with Crippen molar-refractivity contribution in [2.45, 2.75) is 261 Å². The lowest BCUT2D eigenvalue weighted by Gasteiger charge is -2.45. The Kier molecular flexibility index (Phi) is 31.2. The average Bonchev–Trinajstić information content (AvgIpc) is 0.780. The molecule has 5 fully saturated rings. The highest BCUT2D eigenvalue weighted by Crippen LogP contribution is 2.36. The molecule has 5 rings (SSSR count). The number of hydrogen-bond donors (Lipinski definition) is 4. The van der Waals surface area contributed by atoms with Gasteiger partial charge in [-0.25, -0.2) is 0 Å². The first-order chi connectivity index (χ1) is 46.2. The van der Waals surface area contributed by atoms with Crippen LogP contribution in [0.4, 0.5) is 13.2 Å². The molecule has 12 amide bonds. The molecule has 0 bridgehead atoms. The molecule has 2 unspecified atom stereocenters. The number of rotatable bonds is 13. The summed E-state index contributed by atoms with van der Waals surface area (Å²) in [5, 5.41) is 11.3. The maximum atomic E-state index is 15.1. The SMILES string of the molecule is C#CC[C@@H]1NC(=O)[C@H](CC2CCCC(I)C2)NC(=O)CN(C)C(=O)[C@H](CC2CCC(OC(F)(F)F)CC2)N(C)C(=O)[C@@H]2CCN2C(=O)[C@H](C)N(C)C(=O)[C@H]([C@@H](C)CC)NC(=O)[C@H](CC(C)C)N(C)C(=O)C[C@@H](C(=O)N2CCCCC2)N(C)C(=O)[C@H](CC(C)C)NC(=O)C(C)(C)N(C)C1=O. The third-order valence-electron chi connectivity index (χ3n) is 21.1. The number of alkyl halides is 4. The van der Waals surface area contributed by atoms with E-state index in [1.807, 2.05) is 34.6 Å². The molecule has 5 aliphatic rings. The number of hydrogen-bond acceptors (Lipinski definition) is 13. The second kappa shape index (κ2) is 37.0. The molecule has 0 aromatic carbocycles. The van der Waals surface area contributed by atoms with Crippen molar-refractivity contribution in [1.29, 1.82) is 0 Å². The highest BCUT2D eigenvalue weighted by atomic mass is 127. The van der Waals surface area contributed by atoms with Gasteiger partial charge in [0.25, 0.3) is 0 Å². The van der Waals surface area contributed by atoms with Crippen LogP contribution in [0, 0.1) is 41.9 Å². The molecule has 3 heterocycles. The molecule has 0 radical (unpaired) electrons. The van der Waals surface area contributed by atoms with Crippen molar-refractivity contribution in [2.75, 3.05) is 68.5 Å². The first-order valence-electron chi connectivity index (χ1n) is 35.4. The molecule has 3 saturated heterocycles. The average molecular weight is 1510 g/mol. The lowest BCUT2D eigenvalue weighted by Crippen LogP contribution is -2.65. The van der Waals surface area contributed by atoms with E-state index in [-0.39, 0.29) is 92.4 Å². The molecule has 4 N–H and O–H groups in total. The van der Waals surface area contributed by atoms with E-state index in [2.05, 4.69) is 54.5 Å². The zero-order chi connectivity index (χ0) is 74.3. The minimum absolute atomic E-state index is 0.00834. The van der Waals surface area contributed by atoms with Gasteiger partial charge in [-0.05, 0) is 140 Å². The number of likely N-dealkylation sites (tertiary alicyclic amines) is 1. The topological polar surface area (TPSA) is 288 Å². The van der Waals surface area contributed by atoms with Gasteiger partial charge in [-0.1, -0.05) is 83.4 Å². The summed E-state index contributed by atoms with van der Waals surface area (Å²) < 4.78 is 44.6. The molecule has 99 heavy (non-hydrogen) atoms. The molecule has 2 saturated carbocycles. The first-order valence-corrected chi connectivity index (χ1v) is 36.7. The molecule has 25 nitrogen and oxygen atoms in total. The monoisotopic (exact) mass is 1510 g/mol. The van der Waals surface area contributed by atoms with E-state index in [9.17, 15) is 65.9 Å². The van der Waals surface area contributed by atoms with Gasteiger partial charge in [-0.2, -0.15) is 0 Å². The van der Waals surface area contributed by atoms with Crippen LogP contribution in [0.25, 0.3) is 0 Å². The fourth-order valence-corrected chi connectivity index (χ4v) is 15.2. The van der Waals surface area contributed by atoms with Crippen LogP contribution in [0.1, 0.15) is 184 Å². The fraction of sp³-hybridized carbons (Fsp3) is 0.800. The van der Waals surface area contributed by atoms with E-state index >= 15 is 4.79 Å². The molecule has 0 aromatic heterocycles. The van der Waals surface area contributed by atoms with Crippen LogP contribution in [-0.2, 0) is 62.3 Å². The van der Waals surface area contributed by atoms with Gasteiger partial charge in [0.05, 0.1) is 19.1 Å². The number of nitrogens with zero attached hydrogens (tertiary/aromatic N) is 8. The Balaban J connectivity index is 1.61. The van der Waals surface area contributed by atoms with Gasteiger partial charge < -0.3 is 60.5 Å². The summed E-state index contributed by atoms with van der Waals surface area (Å²) in [5.41, 5.74) is -1.77. The summed E-state index contributed by atoms with van der Waals surface area (Å²) in [7, 11) is 8.24. The van der Waals surface area contributed by atoms with E-state index in [0.29, 0.717) is 38.8 Å². The predicted molar refractivity (Wildman–Crippen MR) is 373 cm³/mol. The Hall–Kier alpha value is -6.32. The molecule has 558 valence electrons. The maximum Gasteiger partial charge on any atom is 0.522 e. The van der Waals surface area contributed by atoms with Crippen LogP contribution in [0.5, 0.6) is 0 Å². The summed E-state index contributed by atoms with van der Waals surface area (Å²) >= 11 is 2.35. The number of carbonyl (C=O) groups is 12. The third-order valence-corrected chi connectivity index (χ3v) is 22.2. The number of ether oxygens (including phenoxy) is 1. The third kappa shape index (κ3) is 22.6. The molecule has 0 spiro atoms. The fourth-order valence-electron chi connectivity index (χ4n) is 14.0. The van der Waals surface area contributed by atoms with E-state index in [4.69, 9.17) is 6.42 Å².